The summed E-state index contributed by atoms with van der Waals surface area (Å²) in [6.45, 7) is 8.80. The Morgan fingerprint density at radius 3 is 2.42 bits per heavy atom. The maximum atomic E-state index is 12.4. The molecule has 0 saturated heterocycles. The Morgan fingerprint density at radius 1 is 1.08 bits per heavy atom. The molecule has 0 aliphatic carbocycles. The van der Waals surface area contributed by atoms with Gasteiger partial charge in [-0.15, -0.1) is 0 Å². The fourth-order valence-corrected chi connectivity index (χ4v) is 2.57. The van der Waals surface area contributed by atoms with Crippen LogP contribution in [0.25, 0.3) is 0 Å². The fraction of sp³-hybridized carbons (Fsp3) is 0.381. The molecule has 0 radical (unpaired) electrons. The number of aryl methyl sites for hydroxylation is 1. The largest absolute Gasteiger partial charge is 0.494 e. The predicted molar refractivity (Wildman–Crippen MR) is 102 cm³/mol. The van der Waals surface area contributed by atoms with Crippen molar-refractivity contribution in [3.8, 4) is 17.2 Å². The monoisotopic (exact) mass is 357 g/mol. The van der Waals surface area contributed by atoms with E-state index in [9.17, 15) is 4.79 Å². The van der Waals surface area contributed by atoms with Crippen molar-refractivity contribution in [3.05, 3.63) is 53.1 Å². The summed E-state index contributed by atoms with van der Waals surface area (Å²) in [6.07, 6.45) is 0.0670. The molecular weight excluding hydrogens is 330 g/mol. The Hall–Kier alpha value is -2.69. The van der Waals surface area contributed by atoms with Crippen LogP contribution in [-0.2, 0) is 6.54 Å². The van der Waals surface area contributed by atoms with Crippen LogP contribution >= 0.6 is 0 Å². The fourth-order valence-electron chi connectivity index (χ4n) is 2.57. The molecule has 0 aromatic heterocycles. The predicted octanol–water partition coefficient (Wildman–Crippen LogP) is 4.12. The smallest absolute Gasteiger partial charge is 0.251 e. The van der Waals surface area contributed by atoms with Crippen LogP contribution in [0.2, 0.25) is 0 Å². The summed E-state index contributed by atoms with van der Waals surface area (Å²) >= 11 is 0. The summed E-state index contributed by atoms with van der Waals surface area (Å²) in [5.41, 5.74) is 2.49. The Balaban J connectivity index is 2.04. The maximum absolute atomic E-state index is 12.4. The van der Waals surface area contributed by atoms with Crippen molar-refractivity contribution < 1.29 is 19.0 Å². The first kappa shape index (κ1) is 19.6. The number of rotatable bonds is 8. The zero-order chi connectivity index (χ0) is 19.1. The third-order valence-electron chi connectivity index (χ3n) is 3.78. The van der Waals surface area contributed by atoms with E-state index in [0.717, 1.165) is 16.9 Å². The topological polar surface area (TPSA) is 56.8 Å². The summed E-state index contributed by atoms with van der Waals surface area (Å²) in [6, 6.07) is 11.1. The van der Waals surface area contributed by atoms with Crippen LogP contribution in [0, 0.1) is 6.92 Å². The Bertz CT molecular complexity index is 756. The van der Waals surface area contributed by atoms with E-state index in [-0.39, 0.29) is 12.0 Å². The molecule has 26 heavy (non-hydrogen) atoms. The highest BCUT2D eigenvalue weighted by Crippen LogP contribution is 2.29. The SMILES string of the molecule is CCOc1ccc(C(=O)NCc2ccc(OC(C)C)c(OC)c2)cc1C. The molecule has 0 bridgehead atoms. The maximum Gasteiger partial charge on any atom is 0.251 e. The Labute approximate surface area is 155 Å². The first-order valence-electron chi connectivity index (χ1n) is 8.79. The number of carbonyl (C=O) groups is 1. The van der Waals surface area contributed by atoms with Crippen molar-refractivity contribution in [2.24, 2.45) is 0 Å². The van der Waals surface area contributed by atoms with Crippen LogP contribution in [0.3, 0.4) is 0 Å². The van der Waals surface area contributed by atoms with Crippen LogP contribution in [-0.4, -0.2) is 25.7 Å². The van der Waals surface area contributed by atoms with Crippen molar-refractivity contribution in [3.63, 3.8) is 0 Å². The van der Waals surface area contributed by atoms with E-state index in [1.165, 1.54) is 0 Å². The van der Waals surface area contributed by atoms with Gasteiger partial charge >= 0.3 is 0 Å². The molecule has 0 fully saturated rings. The summed E-state index contributed by atoms with van der Waals surface area (Å²) < 4.78 is 16.6. The first-order chi connectivity index (χ1) is 12.4. The van der Waals surface area contributed by atoms with Gasteiger partial charge in [-0.05, 0) is 69.2 Å². The average molecular weight is 357 g/mol. The highest BCUT2D eigenvalue weighted by Gasteiger charge is 2.11. The normalized spacial score (nSPS) is 10.5. The lowest BCUT2D eigenvalue weighted by molar-refractivity contribution is 0.0950. The Morgan fingerprint density at radius 2 is 1.81 bits per heavy atom. The molecule has 2 rings (SSSR count). The van der Waals surface area contributed by atoms with E-state index in [0.29, 0.717) is 30.2 Å². The minimum Gasteiger partial charge on any atom is -0.494 e. The molecule has 2 aromatic carbocycles. The van der Waals surface area contributed by atoms with Gasteiger partial charge in [-0.25, -0.2) is 0 Å². The van der Waals surface area contributed by atoms with Gasteiger partial charge in [-0.2, -0.15) is 0 Å². The highest BCUT2D eigenvalue weighted by atomic mass is 16.5. The number of ether oxygens (including phenoxy) is 3. The summed E-state index contributed by atoms with van der Waals surface area (Å²) in [4.78, 5) is 12.4. The molecule has 0 heterocycles. The van der Waals surface area contributed by atoms with Crippen molar-refractivity contribution in [1.29, 1.82) is 0 Å². The molecule has 0 aliphatic heterocycles. The molecule has 0 unspecified atom stereocenters. The number of methoxy groups -OCH3 is 1. The van der Waals surface area contributed by atoms with E-state index in [4.69, 9.17) is 14.2 Å². The average Bonchev–Trinajstić information content (AvgIpc) is 2.62. The molecule has 5 heteroatoms. The zero-order valence-electron chi connectivity index (χ0n) is 16.1. The lowest BCUT2D eigenvalue weighted by atomic mass is 10.1. The van der Waals surface area contributed by atoms with Gasteiger partial charge in [0, 0.05) is 12.1 Å². The van der Waals surface area contributed by atoms with Gasteiger partial charge in [0.2, 0.25) is 0 Å². The van der Waals surface area contributed by atoms with E-state index in [1.807, 2.05) is 58.0 Å². The number of carbonyl (C=O) groups excluding carboxylic acids is 1. The number of benzene rings is 2. The van der Waals surface area contributed by atoms with E-state index in [1.54, 1.807) is 13.2 Å². The molecule has 2 aromatic rings. The van der Waals surface area contributed by atoms with Crippen LogP contribution in [0.1, 0.15) is 42.3 Å². The lowest BCUT2D eigenvalue weighted by Gasteiger charge is -2.15. The van der Waals surface area contributed by atoms with Gasteiger partial charge in [0.05, 0.1) is 19.8 Å². The first-order valence-corrected chi connectivity index (χ1v) is 8.79. The van der Waals surface area contributed by atoms with Gasteiger partial charge in [0.25, 0.3) is 5.91 Å². The van der Waals surface area contributed by atoms with E-state index < -0.39 is 0 Å². The van der Waals surface area contributed by atoms with E-state index >= 15 is 0 Å². The number of nitrogens with one attached hydrogen (secondary N) is 1. The van der Waals surface area contributed by atoms with Gasteiger partial charge in [-0.3, -0.25) is 4.79 Å². The third-order valence-corrected chi connectivity index (χ3v) is 3.78. The van der Waals surface area contributed by atoms with Crippen LogP contribution < -0.4 is 19.5 Å². The van der Waals surface area contributed by atoms with Gasteiger partial charge in [0.15, 0.2) is 11.5 Å². The summed E-state index contributed by atoms with van der Waals surface area (Å²) in [7, 11) is 1.60. The quantitative estimate of drug-likeness (QED) is 0.772. The van der Waals surface area contributed by atoms with Crippen molar-refractivity contribution in [2.75, 3.05) is 13.7 Å². The second kappa shape index (κ2) is 9.13. The van der Waals surface area contributed by atoms with Gasteiger partial charge in [-0.1, -0.05) is 6.07 Å². The van der Waals surface area contributed by atoms with Gasteiger partial charge < -0.3 is 19.5 Å². The van der Waals surface area contributed by atoms with Crippen LogP contribution in [0.15, 0.2) is 36.4 Å². The molecule has 5 nitrogen and oxygen atoms in total. The third kappa shape index (κ3) is 5.15. The molecule has 0 spiro atoms. The van der Waals surface area contributed by atoms with Gasteiger partial charge in [0.1, 0.15) is 5.75 Å². The highest BCUT2D eigenvalue weighted by molar-refractivity contribution is 5.94. The van der Waals surface area contributed by atoms with Crippen molar-refractivity contribution in [1.82, 2.24) is 5.32 Å². The summed E-state index contributed by atoms with van der Waals surface area (Å²) in [5.74, 6) is 2.02. The Kier molecular flexibility index (Phi) is 6.89. The summed E-state index contributed by atoms with van der Waals surface area (Å²) in [5, 5.41) is 2.93. The van der Waals surface area contributed by atoms with Crippen molar-refractivity contribution in [2.45, 2.75) is 40.3 Å². The standard InChI is InChI=1S/C21H27NO4/c1-6-25-18-10-8-17(11-15(18)4)21(23)22-13-16-7-9-19(26-14(2)3)20(12-16)24-5/h7-12,14H,6,13H2,1-5H3,(H,22,23). The second-order valence-corrected chi connectivity index (χ2v) is 6.25. The molecule has 0 atom stereocenters. The van der Waals surface area contributed by atoms with Crippen molar-refractivity contribution >= 4 is 5.91 Å². The number of hydrogen-bond donors (Lipinski definition) is 1. The number of amides is 1. The zero-order valence-corrected chi connectivity index (χ0v) is 16.1. The van der Waals surface area contributed by atoms with Crippen LogP contribution in [0.4, 0.5) is 0 Å². The molecule has 140 valence electrons. The minimum absolute atomic E-state index is 0.0670. The number of hydrogen-bond acceptors (Lipinski definition) is 4. The van der Waals surface area contributed by atoms with E-state index in [2.05, 4.69) is 5.32 Å². The molecule has 1 amide bonds. The molecule has 0 saturated carbocycles. The molecular formula is C21H27NO4. The minimum atomic E-state index is -0.127. The van der Waals surface area contributed by atoms with Crippen LogP contribution in [0.5, 0.6) is 17.2 Å². The molecule has 1 N–H and O–H groups in total. The molecule has 0 aliphatic rings. The second-order valence-electron chi connectivity index (χ2n) is 6.25. The lowest BCUT2D eigenvalue weighted by Crippen LogP contribution is -2.23.